The summed E-state index contributed by atoms with van der Waals surface area (Å²) in [7, 11) is 0. The maximum atomic E-state index is 9.88. The number of aryl methyl sites for hydroxylation is 2. The van der Waals surface area contributed by atoms with Crippen LogP contribution >= 0.6 is 11.3 Å². The quantitative estimate of drug-likeness (QED) is 0.347. The van der Waals surface area contributed by atoms with Crippen LogP contribution in [0.2, 0.25) is 0 Å². The molecule has 2 nitrogen and oxygen atoms in total. The molecule has 0 fully saturated rings. The Morgan fingerprint density at radius 1 is 1.15 bits per heavy atom. The minimum atomic E-state index is -0.0780. The monoisotopic (exact) mass is 411 g/mol. The second-order valence-electron chi connectivity index (χ2n) is 5.42. The van der Waals surface area contributed by atoms with E-state index >= 15 is 0 Å². The zero-order chi connectivity index (χ0) is 14.1. The van der Waals surface area contributed by atoms with Gasteiger partial charge in [-0.2, -0.15) is 4.57 Å². The number of aliphatic hydroxyl groups excluding tert-OH is 1. The summed E-state index contributed by atoms with van der Waals surface area (Å²) in [6.07, 6.45) is 8.98. The number of thiazole rings is 1. The zero-order valence-corrected chi connectivity index (χ0v) is 16.2. The third-order valence-corrected chi connectivity index (χ3v) is 4.94. The largest absolute Gasteiger partial charge is 1.00 e. The highest BCUT2D eigenvalue weighted by Crippen LogP contribution is 2.11. The average molecular weight is 411 g/mol. The lowest BCUT2D eigenvalue weighted by Gasteiger charge is -2.09. The number of aromatic nitrogens is 1. The molecule has 0 aliphatic rings. The van der Waals surface area contributed by atoms with Gasteiger partial charge in [-0.05, 0) is 19.3 Å². The molecule has 0 radical (unpaired) electrons. The van der Waals surface area contributed by atoms with E-state index in [-0.39, 0.29) is 30.1 Å². The summed E-state index contributed by atoms with van der Waals surface area (Å²) in [6, 6.07) is 0. The van der Waals surface area contributed by atoms with Gasteiger partial charge in [0.2, 0.25) is 5.01 Å². The topological polar surface area (TPSA) is 24.1 Å². The summed E-state index contributed by atoms with van der Waals surface area (Å²) in [5.74, 6) is 0. The van der Waals surface area contributed by atoms with Crippen molar-refractivity contribution in [2.24, 2.45) is 0 Å². The van der Waals surface area contributed by atoms with Gasteiger partial charge in [0.1, 0.15) is 6.54 Å². The van der Waals surface area contributed by atoms with Gasteiger partial charge in [0.25, 0.3) is 0 Å². The van der Waals surface area contributed by atoms with Crippen molar-refractivity contribution in [1.82, 2.24) is 0 Å². The van der Waals surface area contributed by atoms with Crippen LogP contribution in [-0.4, -0.2) is 11.2 Å². The average Bonchev–Trinajstić information content (AvgIpc) is 2.76. The van der Waals surface area contributed by atoms with Gasteiger partial charge in [-0.15, -0.1) is 0 Å². The van der Waals surface area contributed by atoms with E-state index in [0.717, 1.165) is 32.2 Å². The summed E-state index contributed by atoms with van der Waals surface area (Å²) in [6.45, 7) is 7.73. The lowest BCUT2D eigenvalue weighted by Crippen LogP contribution is -3.00. The SMILES string of the molecule is CCCCCC(O)CCCC[n+]1c(C)csc1CC.[I-]. The molecule has 1 aromatic rings. The van der Waals surface area contributed by atoms with Gasteiger partial charge < -0.3 is 29.1 Å². The molecule has 1 atom stereocenters. The first-order chi connectivity index (χ1) is 9.19. The number of unbranched alkanes of at least 4 members (excludes halogenated alkanes) is 3. The third-order valence-electron chi connectivity index (χ3n) is 3.70. The molecule has 1 aromatic heterocycles. The van der Waals surface area contributed by atoms with E-state index in [0.29, 0.717) is 0 Å². The van der Waals surface area contributed by atoms with Crippen molar-refractivity contribution < 1.29 is 33.7 Å². The second-order valence-corrected chi connectivity index (χ2v) is 6.36. The van der Waals surface area contributed by atoms with E-state index in [1.54, 1.807) is 0 Å². The molecule has 0 bridgehead atoms. The Morgan fingerprint density at radius 3 is 2.40 bits per heavy atom. The Morgan fingerprint density at radius 2 is 1.80 bits per heavy atom. The standard InChI is InChI=1S/C16H30NOS.HI/c1-4-6-7-10-15(18)11-8-9-12-17-14(3)13-19-16(17)5-2;/h13,15,18H,4-12H2,1-3H3;1H/q+1;/p-1. The lowest BCUT2D eigenvalue weighted by molar-refractivity contribution is -0.705. The van der Waals surface area contributed by atoms with Crippen LogP contribution in [0.4, 0.5) is 0 Å². The van der Waals surface area contributed by atoms with Gasteiger partial charge >= 0.3 is 0 Å². The molecule has 4 heteroatoms. The number of rotatable bonds is 10. The van der Waals surface area contributed by atoms with E-state index in [9.17, 15) is 5.11 Å². The highest BCUT2D eigenvalue weighted by atomic mass is 127. The summed E-state index contributed by atoms with van der Waals surface area (Å²) < 4.78 is 2.44. The van der Waals surface area contributed by atoms with Crippen LogP contribution in [0.5, 0.6) is 0 Å². The number of aliphatic hydroxyl groups is 1. The Balaban J connectivity index is 0.00000361. The Labute approximate surface area is 145 Å². The maximum Gasteiger partial charge on any atom is 0.237 e. The summed E-state index contributed by atoms with van der Waals surface area (Å²) in [5.41, 5.74) is 1.38. The number of hydrogen-bond donors (Lipinski definition) is 1. The van der Waals surface area contributed by atoms with Crippen molar-refractivity contribution in [3.8, 4) is 0 Å². The van der Waals surface area contributed by atoms with Crippen LogP contribution in [0.25, 0.3) is 0 Å². The van der Waals surface area contributed by atoms with Gasteiger partial charge in [-0.25, -0.2) is 0 Å². The van der Waals surface area contributed by atoms with Gasteiger partial charge in [-0.3, -0.25) is 0 Å². The van der Waals surface area contributed by atoms with Crippen molar-refractivity contribution in [2.75, 3.05) is 0 Å². The highest BCUT2D eigenvalue weighted by Gasteiger charge is 2.14. The molecule has 1 heterocycles. The minimum absolute atomic E-state index is 0. The van der Waals surface area contributed by atoms with Crippen LogP contribution in [0.1, 0.15) is 69.5 Å². The molecular weight excluding hydrogens is 381 g/mol. The van der Waals surface area contributed by atoms with Crippen LogP contribution in [0, 0.1) is 6.92 Å². The Kier molecular flexibility index (Phi) is 12.1. The zero-order valence-electron chi connectivity index (χ0n) is 13.2. The van der Waals surface area contributed by atoms with Crippen molar-refractivity contribution in [1.29, 1.82) is 0 Å². The second kappa shape index (κ2) is 11.9. The van der Waals surface area contributed by atoms with E-state index < -0.39 is 0 Å². The van der Waals surface area contributed by atoms with Crippen LogP contribution < -0.4 is 28.5 Å². The van der Waals surface area contributed by atoms with Crippen LogP contribution in [0.3, 0.4) is 0 Å². The van der Waals surface area contributed by atoms with Gasteiger partial charge in [-0.1, -0.05) is 44.4 Å². The molecule has 0 aliphatic carbocycles. The first-order valence-electron chi connectivity index (χ1n) is 7.83. The predicted octanol–water partition coefficient (Wildman–Crippen LogP) is 1.02. The highest BCUT2D eigenvalue weighted by molar-refractivity contribution is 7.09. The van der Waals surface area contributed by atoms with Crippen molar-refractivity contribution in [2.45, 2.75) is 84.8 Å². The van der Waals surface area contributed by atoms with Crippen molar-refractivity contribution in [3.05, 3.63) is 16.1 Å². The molecule has 118 valence electrons. The van der Waals surface area contributed by atoms with Gasteiger partial charge in [0, 0.05) is 19.8 Å². The fourth-order valence-electron chi connectivity index (χ4n) is 2.48. The first-order valence-corrected chi connectivity index (χ1v) is 8.71. The molecule has 1 rings (SSSR count). The molecule has 1 N–H and O–H groups in total. The van der Waals surface area contributed by atoms with E-state index in [1.165, 1.54) is 36.4 Å². The Bertz CT molecular complexity index is 354. The predicted molar refractivity (Wildman–Crippen MR) is 82.6 cm³/mol. The summed E-state index contributed by atoms with van der Waals surface area (Å²) in [5, 5.41) is 13.6. The first kappa shape index (κ1) is 20.3. The molecular formula is C16H30INOS. The van der Waals surface area contributed by atoms with E-state index in [1.807, 2.05) is 11.3 Å². The van der Waals surface area contributed by atoms with Crippen molar-refractivity contribution in [3.63, 3.8) is 0 Å². The molecule has 0 amide bonds. The lowest BCUT2D eigenvalue weighted by atomic mass is 10.1. The molecule has 0 saturated heterocycles. The molecule has 1 unspecified atom stereocenters. The third kappa shape index (κ3) is 7.36. The minimum Gasteiger partial charge on any atom is -1.00 e. The molecule has 20 heavy (non-hydrogen) atoms. The maximum absolute atomic E-state index is 9.88. The summed E-state index contributed by atoms with van der Waals surface area (Å²) in [4.78, 5) is 0. The fourth-order valence-corrected chi connectivity index (χ4v) is 3.44. The molecule has 0 aromatic carbocycles. The smallest absolute Gasteiger partial charge is 0.237 e. The number of nitrogens with zero attached hydrogens (tertiary/aromatic N) is 1. The Hall–Kier alpha value is 0.320. The molecule has 0 spiro atoms. The number of halogens is 1. The fraction of sp³-hybridized carbons (Fsp3) is 0.812. The molecule has 0 saturated carbocycles. The molecule has 0 aliphatic heterocycles. The van der Waals surface area contributed by atoms with E-state index in [4.69, 9.17) is 0 Å². The van der Waals surface area contributed by atoms with Crippen LogP contribution in [-0.2, 0) is 13.0 Å². The van der Waals surface area contributed by atoms with Gasteiger partial charge in [0.15, 0.2) is 5.69 Å². The number of hydrogen-bond acceptors (Lipinski definition) is 2. The van der Waals surface area contributed by atoms with E-state index in [2.05, 4.69) is 30.7 Å². The van der Waals surface area contributed by atoms with Crippen LogP contribution in [0.15, 0.2) is 5.38 Å². The van der Waals surface area contributed by atoms with Crippen molar-refractivity contribution >= 4 is 11.3 Å². The summed E-state index contributed by atoms with van der Waals surface area (Å²) >= 11 is 1.87. The normalized spacial score (nSPS) is 12.2. The van der Waals surface area contributed by atoms with Gasteiger partial charge in [0.05, 0.1) is 11.5 Å².